The Hall–Kier alpha value is -1.08. The van der Waals surface area contributed by atoms with Crippen molar-refractivity contribution in [1.29, 1.82) is 0 Å². The van der Waals surface area contributed by atoms with E-state index in [0.29, 0.717) is 29.4 Å². The van der Waals surface area contributed by atoms with Crippen molar-refractivity contribution in [1.82, 2.24) is 5.32 Å². The molecule has 0 saturated heterocycles. The van der Waals surface area contributed by atoms with Crippen LogP contribution in [-0.2, 0) is 17.5 Å². The van der Waals surface area contributed by atoms with Gasteiger partial charge in [-0.05, 0) is 49.4 Å². The third-order valence-corrected chi connectivity index (χ3v) is 4.41. The Morgan fingerprint density at radius 2 is 1.86 bits per heavy atom. The van der Waals surface area contributed by atoms with E-state index < -0.39 is 17.7 Å². The van der Waals surface area contributed by atoms with E-state index in [4.69, 9.17) is 5.11 Å². The van der Waals surface area contributed by atoms with Gasteiger partial charge in [-0.3, -0.25) is 4.79 Å². The van der Waals surface area contributed by atoms with Gasteiger partial charge >= 0.3 is 12.1 Å². The minimum atomic E-state index is -4.36. The van der Waals surface area contributed by atoms with Gasteiger partial charge in [0.25, 0.3) is 0 Å². The van der Waals surface area contributed by atoms with Gasteiger partial charge in [-0.1, -0.05) is 15.9 Å². The van der Waals surface area contributed by atoms with Gasteiger partial charge in [-0.2, -0.15) is 13.2 Å². The molecule has 0 spiro atoms. The van der Waals surface area contributed by atoms with Crippen LogP contribution in [0.5, 0.6) is 0 Å². The number of carboxylic acids is 1. The Labute approximate surface area is 135 Å². The predicted octanol–water partition coefficient (Wildman–Crippen LogP) is 4.20. The zero-order valence-corrected chi connectivity index (χ0v) is 13.4. The average molecular weight is 380 g/mol. The van der Waals surface area contributed by atoms with E-state index in [1.54, 1.807) is 6.07 Å². The summed E-state index contributed by atoms with van der Waals surface area (Å²) >= 11 is 3.10. The summed E-state index contributed by atoms with van der Waals surface area (Å²) in [5.41, 5.74) is -0.115. The van der Waals surface area contributed by atoms with Crippen molar-refractivity contribution in [2.75, 3.05) is 0 Å². The molecule has 0 atom stereocenters. The number of alkyl halides is 3. The number of aliphatic carboxylic acids is 1. The van der Waals surface area contributed by atoms with Crippen LogP contribution in [0.4, 0.5) is 13.2 Å². The average Bonchev–Trinajstić information content (AvgIpc) is 2.44. The Morgan fingerprint density at radius 1 is 1.23 bits per heavy atom. The maximum atomic E-state index is 12.8. The molecule has 0 aliphatic heterocycles. The van der Waals surface area contributed by atoms with E-state index in [1.165, 1.54) is 0 Å². The molecule has 1 aromatic rings. The molecular formula is C15H17BrF3NO2. The first-order valence-corrected chi connectivity index (χ1v) is 7.88. The first kappa shape index (κ1) is 17.3. The Balaban J connectivity index is 1.92. The maximum absolute atomic E-state index is 12.8. The first-order chi connectivity index (χ1) is 10.3. The molecule has 0 amide bonds. The zero-order valence-electron chi connectivity index (χ0n) is 11.8. The summed E-state index contributed by atoms with van der Waals surface area (Å²) in [5.74, 6) is -1.05. The molecule has 2 rings (SSSR count). The largest absolute Gasteiger partial charge is 0.481 e. The van der Waals surface area contributed by atoms with Gasteiger partial charge < -0.3 is 10.4 Å². The van der Waals surface area contributed by atoms with Crippen LogP contribution in [0.2, 0.25) is 0 Å². The summed E-state index contributed by atoms with van der Waals surface area (Å²) in [4.78, 5) is 10.9. The second-order valence-corrected chi connectivity index (χ2v) is 6.53. The molecule has 0 aromatic heterocycles. The second-order valence-electron chi connectivity index (χ2n) is 5.61. The van der Waals surface area contributed by atoms with Crippen molar-refractivity contribution in [3.8, 4) is 0 Å². The van der Waals surface area contributed by atoms with Crippen LogP contribution < -0.4 is 5.32 Å². The van der Waals surface area contributed by atoms with Gasteiger partial charge in [0.05, 0.1) is 11.5 Å². The lowest BCUT2D eigenvalue weighted by Crippen LogP contribution is -2.34. The lowest BCUT2D eigenvalue weighted by atomic mass is 9.86. The molecule has 1 fully saturated rings. The summed E-state index contributed by atoms with van der Waals surface area (Å²) in [5, 5.41) is 12.2. The third kappa shape index (κ3) is 4.71. The Kier molecular flexibility index (Phi) is 5.50. The summed E-state index contributed by atoms with van der Waals surface area (Å²) in [7, 11) is 0. The summed E-state index contributed by atoms with van der Waals surface area (Å²) in [6, 6.07) is 4.01. The topological polar surface area (TPSA) is 49.3 Å². The van der Waals surface area contributed by atoms with Crippen LogP contribution in [0, 0.1) is 5.92 Å². The second kappa shape index (κ2) is 7.00. The summed E-state index contributed by atoms with van der Waals surface area (Å²) in [6.07, 6.45) is -1.68. The van der Waals surface area contributed by atoms with Gasteiger partial charge in [0.15, 0.2) is 0 Å². The SMILES string of the molecule is O=C(O)C1CCC(NCc2cc(Br)cc(C(F)(F)F)c2)CC1. The van der Waals surface area contributed by atoms with E-state index in [0.717, 1.165) is 25.0 Å². The summed E-state index contributed by atoms with van der Waals surface area (Å²) in [6.45, 7) is 0.338. The molecule has 1 saturated carbocycles. The van der Waals surface area contributed by atoms with Crippen LogP contribution >= 0.6 is 15.9 Å². The fraction of sp³-hybridized carbons (Fsp3) is 0.533. The Morgan fingerprint density at radius 3 is 2.41 bits per heavy atom. The molecule has 0 radical (unpaired) electrons. The van der Waals surface area contributed by atoms with Gasteiger partial charge in [-0.25, -0.2) is 0 Å². The molecule has 0 bridgehead atoms. The smallest absolute Gasteiger partial charge is 0.416 e. The molecule has 2 N–H and O–H groups in total. The van der Waals surface area contributed by atoms with Crippen molar-refractivity contribution in [2.45, 2.75) is 44.4 Å². The molecule has 3 nitrogen and oxygen atoms in total. The highest BCUT2D eigenvalue weighted by atomic mass is 79.9. The lowest BCUT2D eigenvalue weighted by molar-refractivity contribution is -0.143. The van der Waals surface area contributed by atoms with E-state index in [9.17, 15) is 18.0 Å². The number of benzene rings is 1. The normalized spacial score (nSPS) is 22.5. The molecule has 7 heteroatoms. The van der Waals surface area contributed by atoms with Crippen LogP contribution in [0.15, 0.2) is 22.7 Å². The molecule has 0 heterocycles. The number of hydrogen-bond donors (Lipinski definition) is 2. The maximum Gasteiger partial charge on any atom is 0.416 e. The molecule has 22 heavy (non-hydrogen) atoms. The number of carbonyl (C=O) groups is 1. The van der Waals surface area contributed by atoms with Crippen molar-refractivity contribution < 1.29 is 23.1 Å². The predicted molar refractivity (Wildman–Crippen MR) is 79.4 cm³/mol. The van der Waals surface area contributed by atoms with Crippen LogP contribution in [0.1, 0.15) is 36.8 Å². The van der Waals surface area contributed by atoms with Gasteiger partial charge in [-0.15, -0.1) is 0 Å². The molecular weight excluding hydrogens is 363 g/mol. The number of hydrogen-bond acceptors (Lipinski definition) is 2. The van der Waals surface area contributed by atoms with E-state index >= 15 is 0 Å². The number of rotatable bonds is 4. The third-order valence-electron chi connectivity index (χ3n) is 3.96. The highest BCUT2D eigenvalue weighted by Crippen LogP contribution is 2.32. The number of nitrogens with one attached hydrogen (secondary N) is 1. The van der Waals surface area contributed by atoms with Crippen molar-refractivity contribution >= 4 is 21.9 Å². The highest BCUT2D eigenvalue weighted by molar-refractivity contribution is 9.10. The van der Waals surface area contributed by atoms with Crippen molar-refractivity contribution in [3.63, 3.8) is 0 Å². The number of carboxylic acid groups (broad SMARTS) is 1. The van der Waals surface area contributed by atoms with Crippen LogP contribution in [0.3, 0.4) is 0 Å². The zero-order chi connectivity index (χ0) is 16.3. The standard InChI is InChI=1S/C15H17BrF3NO2/c16-12-6-9(5-11(7-12)15(17,18)19)8-20-13-3-1-10(2-4-13)14(21)22/h5-7,10,13,20H,1-4,8H2,(H,21,22). The minimum Gasteiger partial charge on any atom is -0.481 e. The van der Waals surface area contributed by atoms with Gasteiger partial charge in [0.2, 0.25) is 0 Å². The van der Waals surface area contributed by atoms with E-state index in [1.807, 2.05) is 0 Å². The van der Waals surface area contributed by atoms with Crippen LogP contribution in [-0.4, -0.2) is 17.1 Å². The molecule has 0 unspecified atom stereocenters. The quantitative estimate of drug-likeness (QED) is 0.823. The highest BCUT2D eigenvalue weighted by Gasteiger charge is 2.31. The monoisotopic (exact) mass is 379 g/mol. The van der Waals surface area contributed by atoms with Crippen molar-refractivity contribution in [2.24, 2.45) is 5.92 Å². The fourth-order valence-electron chi connectivity index (χ4n) is 2.72. The number of halogens is 4. The van der Waals surface area contributed by atoms with E-state index in [2.05, 4.69) is 21.2 Å². The van der Waals surface area contributed by atoms with Gasteiger partial charge in [0, 0.05) is 17.1 Å². The molecule has 1 aliphatic carbocycles. The lowest BCUT2D eigenvalue weighted by Gasteiger charge is -2.27. The molecule has 1 aliphatic rings. The first-order valence-electron chi connectivity index (χ1n) is 7.08. The molecule has 122 valence electrons. The van der Waals surface area contributed by atoms with E-state index in [-0.39, 0.29) is 12.0 Å². The fourth-order valence-corrected chi connectivity index (χ4v) is 3.26. The minimum absolute atomic E-state index is 0.156. The summed E-state index contributed by atoms with van der Waals surface area (Å²) < 4.78 is 38.7. The van der Waals surface area contributed by atoms with Crippen LogP contribution in [0.25, 0.3) is 0 Å². The van der Waals surface area contributed by atoms with Crippen molar-refractivity contribution in [3.05, 3.63) is 33.8 Å². The van der Waals surface area contributed by atoms with Gasteiger partial charge in [0.1, 0.15) is 0 Å². The molecule has 1 aromatic carbocycles. The Bertz CT molecular complexity index is 540.